The number of anilines is 1. The first-order chi connectivity index (χ1) is 13.1. The fourth-order valence-corrected chi connectivity index (χ4v) is 4.24. The second kappa shape index (κ2) is 7.56. The van der Waals surface area contributed by atoms with Gasteiger partial charge in [-0.05, 0) is 23.0 Å². The molecule has 0 radical (unpaired) electrons. The third kappa shape index (κ3) is 3.77. The predicted molar refractivity (Wildman–Crippen MR) is 108 cm³/mol. The lowest BCUT2D eigenvalue weighted by atomic mass is 9.92. The molecule has 152 valence electrons. The molecule has 1 amide bonds. The van der Waals surface area contributed by atoms with Gasteiger partial charge in [-0.3, -0.25) is 4.79 Å². The Hall–Kier alpha value is -2.39. The lowest BCUT2D eigenvalue weighted by Crippen LogP contribution is -2.21. The zero-order chi connectivity index (χ0) is 20.6. The Labute approximate surface area is 165 Å². The van der Waals surface area contributed by atoms with E-state index in [9.17, 15) is 9.00 Å². The summed E-state index contributed by atoms with van der Waals surface area (Å²) in [6.45, 7) is 9.15. The van der Waals surface area contributed by atoms with Crippen molar-refractivity contribution < 1.29 is 13.7 Å². The van der Waals surface area contributed by atoms with Gasteiger partial charge >= 0.3 is 0 Å². The van der Waals surface area contributed by atoms with E-state index in [1.165, 1.54) is 4.68 Å². The van der Waals surface area contributed by atoms with E-state index in [0.29, 0.717) is 19.6 Å². The van der Waals surface area contributed by atoms with Gasteiger partial charge in [-0.25, -0.2) is 18.8 Å². The Bertz CT molecular complexity index is 983. The molecule has 28 heavy (non-hydrogen) atoms. The molecule has 0 spiro atoms. The van der Waals surface area contributed by atoms with E-state index < -0.39 is 15.8 Å². The highest BCUT2D eigenvalue weighted by Crippen LogP contribution is 2.34. The highest BCUT2D eigenvalue weighted by atomic mass is 32.2. The van der Waals surface area contributed by atoms with Gasteiger partial charge in [0.15, 0.2) is 10.6 Å². The van der Waals surface area contributed by atoms with Gasteiger partial charge in [-0.2, -0.15) is 5.10 Å². The summed E-state index contributed by atoms with van der Waals surface area (Å²) >= 11 is 0. The lowest BCUT2D eigenvalue weighted by molar-refractivity contribution is 0.101. The molecule has 1 atom stereocenters. The molecule has 9 heteroatoms. The largest absolute Gasteiger partial charge is 0.477 e. The minimum atomic E-state index is -3.69. The molecule has 3 rings (SSSR count). The first-order valence-electron chi connectivity index (χ1n) is 9.35. The van der Waals surface area contributed by atoms with Crippen LogP contribution in [0.25, 0.3) is 0 Å². The Morgan fingerprint density at radius 2 is 1.89 bits per heavy atom. The van der Waals surface area contributed by atoms with Gasteiger partial charge in [0.2, 0.25) is 5.88 Å². The molecule has 1 aliphatic heterocycles. The van der Waals surface area contributed by atoms with Crippen molar-refractivity contribution in [3.05, 3.63) is 35.0 Å². The maximum absolute atomic E-state index is 13.1. The van der Waals surface area contributed by atoms with Crippen LogP contribution in [0.5, 0.6) is 5.88 Å². The molecule has 2 heterocycles. The third-order valence-corrected chi connectivity index (χ3v) is 5.72. The van der Waals surface area contributed by atoms with Crippen molar-refractivity contribution in [3.8, 4) is 5.88 Å². The van der Waals surface area contributed by atoms with Crippen LogP contribution in [0, 0.1) is 4.78 Å². The summed E-state index contributed by atoms with van der Waals surface area (Å²) in [5.74, 6) is 0.00452. The predicted octanol–water partition coefficient (Wildman–Crippen LogP) is 3.44. The smallest absolute Gasteiger partial charge is 0.277 e. The number of rotatable bonds is 5. The summed E-state index contributed by atoms with van der Waals surface area (Å²) in [6.07, 6.45) is 0.715. The van der Waals surface area contributed by atoms with Gasteiger partial charge in [0.25, 0.3) is 5.91 Å². The molecule has 2 aromatic rings. The van der Waals surface area contributed by atoms with Gasteiger partial charge in [0.05, 0.1) is 6.61 Å². The van der Waals surface area contributed by atoms with Crippen LogP contribution < -0.4 is 15.2 Å². The Morgan fingerprint density at radius 3 is 2.43 bits per heavy atom. The number of hydrogen-bond acceptors (Lipinski definition) is 5. The Balaban J connectivity index is 2.10. The number of benzene rings is 1. The van der Waals surface area contributed by atoms with Crippen molar-refractivity contribution in [2.75, 3.05) is 11.9 Å². The Morgan fingerprint density at radius 1 is 1.29 bits per heavy atom. The minimum Gasteiger partial charge on any atom is -0.477 e. The van der Waals surface area contributed by atoms with Gasteiger partial charge in [0.1, 0.15) is 9.92 Å². The van der Waals surface area contributed by atoms with Crippen LogP contribution in [0.3, 0.4) is 0 Å². The second-order valence-electron chi connectivity index (χ2n) is 7.58. The zero-order valence-corrected chi connectivity index (χ0v) is 17.4. The van der Waals surface area contributed by atoms with Crippen molar-refractivity contribution >= 4 is 21.5 Å². The van der Waals surface area contributed by atoms with Gasteiger partial charge in [-0.1, -0.05) is 45.9 Å². The van der Waals surface area contributed by atoms with Crippen LogP contribution in [0.4, 0.5) is 5.69 Å². The summed E-state index contributed by atoms with van der Waals surface area (Å²) in [6, 6.07) is 5.93. The number of fused-ring (bicyclic) bond motifs is 1. The molecule has 1 unspecified atom stereocenters. The van der Waals surface area contributed by atoms with Crippen molar-refractivity contribution in [2.24, 2.45) is 5.14 Å². The number of aryl methyl sites for hydroxylation is 1. The summed E-state index contributed by atoms with van der Waals surface area (Å²) in [7, 11) is -3.69. The van der Waals surface area contributed by atoms with E-state index in [1.54, 1.807) is 0 Å². The number of carbonyl (C=O) groups is 1. The third-order valence-electron chi connectivity index (χ3n) is 4.75. The maximum Gasteiger partial charge on any atom is 0.277 e. The molecule has 1 aromatic heterocycles. The van der Waals surface area contributed by atoms with E-state index in [2.05, 4.69) is 38.1 Å². The summed E-state index contributed by atoms with van der Waals surface area (Å²) in [5, 5.41) is 12.8. The summed E-state index contributed by atoms with van der Waals surface area (Å²) in [4.78, 5) is 13.0. The van der Waals surface area contributed by atoms with Gasteiger partial charge in [-0.15, -0.1) is 0 Å². The minimum absolute atomic E-state index is 0.118. The molecule has 1 aromatic carbocycles. The monoisotopic (exact) mass is 405 g/mol. The van der Waals surface area contributed by atoms with E-state index in [4.69, 9.17) is 14.7 Å². The molecule has 0 saturated carbocycles. The lowest BCUT2D eigenvalue weighted by Gasteiger charge is -2.20. The standard InChI is InChI=1S/C19H27N5O3S/c1-11(2)13-7-5-8-14(12(3)4)15(13)22-18(25)16-17(28(20,21)26)19-24(23-16)9-6-10-27-19/h5,7-8,11-12H,6,9-10H2,1-4H3,(H,22,25)(H3,20,21,26). The van der Waals surface area contributed by atoms with Crippen LogP contribution in [0.2, 0.25) is 0 Å². The molecule has 8 nitrogen and oxygen atoms in total. The topological polar surface area (TPSA) is 123 Å². The van der Waals surface area contributed by atoms with Crippen LogP contribution in [0.15, 0.2) is 23.1 Å². The fourth-order valence-electron chi connectivity index (χ4n) is 3.39. The summed E-state index contributed by atoms with van der Waals surface area (Å²) < 4.78 is 27.2. The molecule has 0 aliphatic carbocycles. The summed E-state index contributed by atoms with van der Waals surface area (Å²) in [5.41, 5.74) is 2.61. The second-order valence-corrected chi connectivity index (χ2v) is 9.19. The number of ether oxygens (including phenoxy) is 1. The molecular formula is C19H27N5O3S. The van der Waals surface area contributed by atoms with Crippen molar-refractivity contribution in [2.45, 2.75) is 57.4 Å². The van der Waals surface area contributed by atoms with Crippen LogP contribution in [-0.4, -0.2) is 26.5 Å². The number of carbonyl (C=O) groups excluding carboxylic acids is 1. The molecule has 4 N–H and O–H groups in total. The van der Waals surface area contributed by atoms with Crippen LogP contribution >= 0.6 is 0 Å². The van der Waals surface area contributed by atoms with E-state index >= 15 is 0 Å². The Kier molecular flexibility index (Phi) is 5.49. The fraction of sp³-hybridized carbons (Fsp3) is 0.474. The van der Waals surface area contributed by atoms with E-state index in [0.717, 1.165) is 16.8 Å². The van der Waals surface area contributed by atoms with Crippen LogP contribution in [0.1, 0.15) is 67.6 Å². The van der Waals surface area contributed by atoms with Crippen molar-refractivity contribution in [3.63, 3.8) is 0 Å². The first kappa shape index (κ1) is 20.3. The number of nitrogens with zero attached hydrogens (tertiary/aromatic N) is 2. The molecule has 1 aliphatic rings. The molecule has 0 saturated heterocycles. The number of nitrogens with two attached hydrogens (primary N) is 1. The van der Waals surface area contributed by atoms with E-state index in [1.807, 2.05) is 18.2 Å². The van der Waals surface area contributed by atoms with Crippen molar-refractivity contribution in [1.29, 1.82) is 4.78 Å². The van der Waals surface area contributed by atoms with Gasteiger partial charge in [0, 0.05) is 18.7 Å². The number of aromatic nitrogens is 2. The first-order valence-corrected chi connectivity index (χ1v) is 11.0. The normalized spacial score (nSPS) is 15.8. The number of hydrogen-bond donors (Lipinski definition) is 3. The highest BCUT2D eigenvalue weighted by molar-refractivity contribution is 7.90. The van der Waals surface area contributed by atoms with Crippen LogP contribution in [-0.2, 0) is 16.5 Å². The molecular weight excluding hydrogens is 378 g/mol. The molecule has 0 bridgehead atoms. The number of para-hydroxylation sites is 1. The quantitative estimate of drug-likeness (QED) is 0.705. The SMILES string of the molecule is CC(C)c1cccc(C(C)C)c1NC(=O)c1nn2c(c1S(=N)(N)=O)OCCC2. The van der Waals surface area contributed by atoms with Crippen molar-refractivity contribution in [1.82, 2.24) is 9.78 Å². The van der Waals surface area contributed by atoms with Gasteiger partial charge < -0.3 is 10.1 Å². The average Bonchev–Trinajstić information content (AvgIpc) is 3.01. The maximum atomic E-state index is 13.1. The zero-order valence-electron chi connectivity index (χ0n) is 16.6. The number of amides is 1. The number of nitrogens with one attached hydrogen (secondary N) is 2. The van der Waals surface area contributed by atoms with E-state index in [-0.39, 0.29) is 28.3 Å². The average molecular weight is 406 g/mol. The highest BCUT2D eigenvalue weighted by Gasteiger charge is 2.32. The molecule has 0 fully saturated rings.